The fourth-order valence-electron chi connectivity index (χ4n) is 3.68. The molecule has 0 N–H and O–H groups in total. The highest BCUT2D eigenvalue weighted by molar-refractivity contribution is 5.78. The first-order valence-corrected chi connectivity index (χ1v) is 8.90. The van der Waals surface area contributed by atoms with Gasteiger partial charge in [0.15, 0.2) is 0 Å². The SMILES string of the molecule is COc1ccc(Cn2c(C)cc3c(cnn3C3CCO[C@@H]3C)c2=O)cc1. The molecule has 3 heterocycles. The monoisotopic (exact) mass is 353 g/mol. The van der Waals surface area contributed by atoms with E-state index in [0.29, 0.717) is 11.9 Å². The summed E-state index contributed by atoms with van der Waals surface area (Å²) in [6, 6.07) is 10.0. The van der Waals surface area contributed by atoms with Crippen molar-refractivity contribution < 1.29 is 9.47 Å². The van der Waals surface area contributed by atoms with Crippen molar-refractivity contribution in [2.75, 3.05) is 13.7 Å². The third-order valence-corrected chi connectivity index (χ3v) is 5.23. The average molecular weight is 353 g/mol. The van der Waals surface area contributed by atoms with Crippen LogP contribution in [0.2, 0.25) is 0 Å². The van der Waals surface area contributed by atoms with Gasteiger partial charge in [-0.3, -0.25) is 9.48 Å². The summed E-state index contributed by atoms with van der Waals surface area (Å²) in [7, 11) is 1.64. The molecule has 2 aromatic heterocycles. The normalized spacial score (nSPS) is 20.0. The van der Waals surface area contributed by atoms with Gasteiger partial charge in [0, 0.05) is 12.3 Å². The van der Waals surface area contributed by atoms with E-state index >= 15 is 0 Å². The van der Waals surface area contributed by atoms with Crippen LogP contribution in [0.3, 0.4) is 0 Å². The molecule has 0 bridgehead atoms. The maximum atomic E-state index is 13.0. The highest BCUT2D eigenvalue weighted by Crippen LogP contribution is 2.28. The van der Waals surface area contributed by atoms with Gasteiger partial charge in [-0.1, -0.05) is 12.1 Å². The molecule has 0 amide bonds. The lowest BCUT2D eigenvalue weighted by Crippen LogP contribution is -2.24. The Labute approximate surface area is 152 Å². The van der Waals surface area contributed by atoms with Crippen molar-refractivity contribution in [3.05, 3.63) is 58.1 Å². The molecule has 26 heavy (non-hydrogen) atoms. The van der Waals surface area contributed by atoms with Crippen molar-refractivity contribution in [2.24, 2.45) is 0 Å². The van der Waals surface area contributed by atoms with Crippen LogP contribution in [0, 0.1) is 6.92 Å². The highest BCUT2D eigenvalue weighted by atomic mass is 16.5. The fourth-order valence-corrected chi connectivity index (χ4v) is 3.68. The maximum Gasteiger partial charge on any atom is 0.262 e. The highest BCUT2D eigenvalue weighted by Gasteiger charge is 2.28. The molecule has 3 aromatic rings. The molecule has 6 heteroatoms. The van der Waals surface area contributed by atoms with Crippen LogP contribution in [0.15, 0.2) is 41.3 Å². The van der Waals surface area contributed by atoms with Crippen LogP contribution in [0.5, 0.6) is 5.75 Å². The van der Waals surface area contributed by atoms with E-state index < -0.39 is 0 Å². The van der Waals surface area contributed by atoms with E-state index in [2.05, 4.69) is 18.1 Å². The summed E-state index contributed by atoms with van der Waals surface area (Å²) in [5.74, 6) is 0.808. The summed E-state index contributed by atoms with van der Waals surface area (Å²) in [4.78, 5) is 13.0. The lowest BCUT2D eigenvalue weighted by atomic mass is 10.1. The molecule has 0 saturated carbocycles. The third-order valence-electron chi connectivity index (χ3n) is 5.23. The number of fused-ring (bicyclic) bond motifs is 1. The van der Waals surface area contributed by atoms with Crippen molar-refractivity contribution in [3.63, 3.8) is 0 Å². The van der Waals surface area contributed by atoms with E-state index in [1.165, 1.54) is 0 Å². The van der Waals surface area contributed by atoms with Gasteiger partial charge in [0.05, 0.1) is 42.9 Å². The average Bonchev–Trinajstić information content (AvgIpc) is 3.25. The Kier molecular flexibility index (Phi) is 4.28. The number of pyridine rings is 1. The van der Waals surface area contributed by atoms with Crippen LogP contribution in [0.4, 0.5) is 0 Å². The minimum atomic E-state index is -0.00589. The van der Waals surface area contributed by atoms with E-state index in [4.69, 9.17) is 9.47 Å². The Morgan fingerprint density at radius 3 is 2.73 bits per heavy atom. The van der Waals surface area contributed by atoms with Gasteiger partial charge in [-0.2, -0.15) is 5.10 Å². The molecule has 2 atom stereocenters. The van der Waals surface area contributed by atoms with E-state index in [9.17, 15) is 4.79 Å². The van der Waals surface area contributed by atoms with Gasteiger partial charge in [-0.15, -0.1) is 0 Å². The summed E-state index contributed by atoms with van der Waals surface area (Å²) in [5, 5.41) is 5.16. The van der Waals surface area contributed by atoms with Gasteiger partial charge in [0.1, 0.15) is 5.75 Å². The van der Waals surface area contributed by atoms with Gasteiger partial charge in [-0.25, -0.2) is 0 Å². The molecule has 1 saturated heterocycles. The summed E-state index contributed by atoms with van der Waals surface area (Å²) < 4.78 is 14.6. The Hall–Kier alpha value is -2.60. The summed E-state index contributed by atoms with van der Waals surface area (Å²) in [6.07, 6.45) is 2.72. The first-order chi connectivity index (χ1) is 12.6. The zero-order valence-corrected chi connectivity index (χ0v) is 15.3. The van der Waals surface area contributed by atoms with Gasteiger partial charge < -0.3 is 14.0 Å². The number of nitrogens with zero attached hydrogens (tertiary/aromatic N) is 3. The van der Waals surface area contributed by atoms with Crippen LogP contribution in [0.1, 0.15) is 30.6 Å². The standard InChI is InChI=1S/C20H23N3O3/c1-13-10-19-17(11-21-23(19)18-8-9-26-14(18)2)20(24)22(13)12-15-4-6-16(25-3)7-5-15/h4-7,10-11,14,18H,8-9,12H2,1-3H3/t14-,18?/m1/s1. The van der Waals surface area contributed by atoms with Gasteiger partial charge in [0.2, 0.25) is 0 Å². The van der Waals surface area contributed by atoms with Gasteiger partial charge >= 0.3 is 0 Å². The Balaban J connectivity index is 1.73. The minimum Gasteiger partial charge on any atom is -0.497 e. The van der Waals surface area contributed by atoms with Crippen LogP contribution < -0.4 is 10.3 Å². The Morgan fingerprint density at radius 1 is 1.31 bits per heavy atom. The van der Waals surface area contributed by atoms with Gasteiger partial charge in [-0.05, 0) is 44.0 Å². The first kappa shape index (κ1) is 16.8. The van der Waals surface area contributed by atoms with Crippen molar-refractivity contribution in [2.45, 2.75) is 39.0 Å². The van der Waals surface area contributed by atoms with Crippen LogP contribution >= 0.6 is 0 Å². The second kappa shape index (κ2) is 6.61. The lowest BCUT2D eigenvalue weighted by Gasteiger charge is -2.17. The molecular weight excluding hydrogens is 330 g/mol. The molecule has 1 aliphatic heterocycles. The smallest absolute Gasteiger partial charge is 0.262 e. The van der Waals surface area contributed by atoms with Crippen LogP contribution in [0.25, 0.3) is 10.9 Å². The molecule has 6 nitrogen and oxygen atoms in total. The second-order valence-corrected chi connectivity index (χ2v) is 6.85. The molecule has 4 rings (SSSR count). The second-order valence-electron chi connectivity index (χ2n) is 6.85. The zero-order chi connectivity index (χ0) is 18.3. The molecule has 1 fully saturated rings. The lowest BCUT2D eigenvalue weighted by molar-refractivity contribution is 0.106. The Morgan fingerprint density at radius 2 is 2.08 bits per heavy atom. The number of benzene rings is 1. The van der Waals surface area contributed by atoms with E-state index in [-0.39, 0.29) is 17.7 Å². The molecule has 136 valence electrons. The number of hydrogen-bond donors (Lipinski definition) is 0. The number of methoxy groups -OCH3 is 1. The van der Waals surface area contributed by atoms with Crippen molar-refractivity contribution in [1.29, 1.82) is 0 Å². The molecule has 1 aliphatic rings. The number of hydrogen-bond acceptors (Lipinski definition) is 4. The molecule has 1 unspecified atom stereocenters. The Bertz CT molecular complexity index is 988. The summed E-state index contributed by atoms with van der Waals surface area (Å²) in [5.41, 5.74) is 2.86. The topological polar surface area (TPSA) is 58.3 Å². The molecule has 0 aliphatic carbocycles. The third kappa shape index (κ3) is 2.80. The molecule has 0 spiro atoms. The predicted molar refractivity (Wildman–Crippen MR) is 99.9 cm³/mol. The summed E-state index contributed by atoms with van der Waals surface area (Å²) in [6.45, 7) is 5.29. The summed E-state index contributed by atoms with van der Waals surface area (Å²) >= 11 is 0. The van der Waals surface area contributed by atoms with Crippen LogP contribution in [-0.4, -0.2) is 34.2 Å². The number of aryl methyl sites for hydroxylation is 1. The fraction of sp³-hybridized carbons (Fsp3) is 0.400. The molecule has 0 radical (unpaired) electrons. The van der Waals surface area contributed by atoms with E-state index in [1.54, 1.807) is 17.9 Å². The zero-order valence-electron chi connectivity index (χ0n) is 15.3. The van der Waals surface area contributed by atoms with Crippen molar-refractivity contribution >= 4 is 10.9 Å². The van der Waals surface area contributed by atoms with Gasteiger partial charge in [0.25, 0.3) is 5.56 Å². The van der Waals surface area contributed by atoms with Crippen molar-refractivity contribution in [1.82, 2.24) is 14.3 Å². The van der Waals surface area contributed by atoms with E-state index in [1.807, 2.05) is 35.9 Å². The quantitative estimate of drug-likeness (QED) is 0.724. The predicted octanol–water partition coefficient (Wildman–Crippen LogP) is 2.91. The number of aromatic nitrogens is 3. The number of rotatable bonds is 4. The first-order valence-electron chi connectivity index (χ1n) is 8.90. The molecule has 1 aromatic carbocycles. The van der Waals surface area contributed by atoms with Crippen molar-refractivity contribution in [3.8, 4) is 5.75 Å². The van der Waals surface area contributed by atoms with Crippen LogP contribution in [-0.2, 0) is 11.3 Å². The van der Waals surface area contributed by atoms with E-state index in [0.717, 1.165) is 35.6 Å². The minimum absolute atomic E-state index is 0.00589. The molecular formula is C20H23N3O3. The number of ether oxygens (including phenoxy) is 2. The largest absolute Gasteiger partial charge is 0.497 e. The maximum absolute atomic E-state index is 13.0.